The molecular weight excluding hydrogens is 268 g/mol. The number of carbonyl (C=O) groups excluding carboxylic acids is 1. The van der Waals surface area contributed by atoms with E-state index in [1.165, 1.54) is 13.0 Å². The standard InChI is InChI=1S/C16H14N2O3/c1-12(19)17-15-10-9-14(16(11-15)18(20)21)8-7-13-5-3-2-4-6-13/h2-11H,1H3,(H,17,19)/b8-7-. The quantitative estimate of drug-likeness (QED) is 0.527. The second-order valence-electron chi connectivity index (χ2n) is 4.46. The fraction of sp³-hybridized carbons (Fsp3) is 0.0625. The largest absolute Gasteiger partial charge is 0.326 e. The summed E-state index contributed by atoms with van der Waals surface area (Å²) in [5.41, 5.74) is 1.80. The zero-order chi connectivity index (χ0) is 15.2. The number of nitro groups is 1. The highest BCUT2D eigenvalue weighted by Gasteiger charge is 2.12. The summed E-state index contributed by atoms with van der Waals surface area (Å²) in [5, 5.41) is 13.7. The number of nitrogens with zero attached hydrogens (tertiary/aromatic N) is 1. The third-order valence-electron chi connectivity index (χ3n) is 2.80. The number of nitrogens with one attached hydrogen (secondary N) is 1. The smallest absolute Gasteiger partial charge is 0.278 e. The van der Waals surface area contributed by atoms with Crippen LogP contribution in [0.25, 0.3) is 12.2 Å². The molecule has 0 aliphatic carbocycles. The fourth-order valence-corrected chi connectivity index (χ4v) is 1.87. The SMILES string of the molecule is CC(=O)Nc1ccc(/C=C\c2ccccc2)c([N+](=O)[O-])c1. The van der Waals surface area contributed by atoms with Crippen LogP contribution in [0.5, 0.6) is 0 Å². The maximum absolute atomic E-state index is 11.1. The Morgan fingerprint density at radius 3 is 2.48 bits per heavy atom. The molecule has 0 unspecified atom stereocenters. The minimum absolute atomic E-state index is 0.0477. The molecule has 2 rings (SSSR count). The zero-order valence-corrected chi connectivity index (χ0v) is 11.4. The Morgan fingerprint density at radius 2 is 1.86 bits per heavy atom. The van der Waals surface area contributed by atoms with Gasteiger partial charge in [-0.05, 0) is 23.8 Å². The van der Waals surface area contributed by atoms with E-state index >= 15 is 0 Å². The van der Waals surface area contributed by atoms with Crippen LogP contribution in [0.15, 0.2) is 48.5 Å². The summed E-state index contributed by atoms with van der Waals surface area (Å²) < 4.78 is 0. The van der Waals surface area contributed by atoms with Gasteiger partial charge >= 0.3 is 0 Å². The minimum Gasteiger partial charge on any atom is -0.326 e. The fourth-order valence-electron chi connectivity index (χ4n) is 1.87. The van der Waals surface area contributed by atoms with Crippen molar-refractivity contribution in [3.63, 3.8) is 0 Å². The third-order valence-corrected chi connectivity index (χ3v) is 2.80. The van der Waals surface area contributed by atoms with Crippen LogP contribution in [-0.4, -0.2) is 10.8 Å². The van der Waals surface area contributed by atoms with Crippen molar-refractivity contribution in [2.45, 2.75) is 6.92 Å². The predicted octanol–water partition coefficient (Wildman–Crippen LogP) is 3.72. The van der Waals surface area contributed by atoms with Crippen LogP contribution < -0.4 is 5.32 Å². The third kappa shape index (κ3) is 4.01. The van der Waals surface area contributed by atoms with Crippen molar-refractivity contribution in [2.75, 3.05) is 5.32 Å². The number of hydrogen-bond acceptors (Lipinski definition) is 3. The first-order valence-corrected chi connectivity index (χ1v) is 6.35. The van der Waals surface area contributed by atoms with Crippen molar-refractivity contribution in [2.24, 2.45) is 0 Å². The second-order valence-corrected chi connectivity index (χ2v) is 4.46. The monoisotopic (exact) mass is 282 g/mol. The topological polar surface area (TPSA) is 72.2 Å². The van der Waals surface area contributed by atoms with Crippen molar-refractivity contribution in [1.29, 1.82) is 0 Å². The van der Waals surface area contributed by atoms with Crippen LogP contribution in [0.3, 0.4) is 0 Å². The first kappa shape index (κ1) is 14.5. The molecule has 0 aliphatic rings. The summed E-state index contributed by atoms with van der Waals surface area (Å²) in [5.74, 6) is -0.267. The average Bonchev–Trinajstić information content (AvgIpc) is 2.46. The number of benzene rings is 2. The summed E-state index contributed by atoms with van der Waals surface area (Å²) in [6.45, 7) is 1.36. The highest BCUT2D eigenvalue weighted by atomic mass is 16.6. The van der Waals surface area contributed by atoms with Gasteiger partial charge in [0.2, 0.25) is 5.91 Å². The summed E-state index contributed by atoms with van der Waals surface area (Å²) in [7, 11) is 0. The molecule has 1 amide bonds. The molecule has 0 atom stereocenters. The van der Waals surface area contributed by atoms with Gasteiger partial charge in [0.05, 0.1) is 10.5 Å². The predicted molar refractivity (Wildman–Crippen MR) is 82.8 cm³/mol. The van der Waals surface area contributed by atoms with Crippen molar-refractivity contribution in [3.05, 3.63) is 69.8 Å². The van der Waals surface area contributed by atoms with Crippen molar-refractivity contribution in [3.8, 4) is 0 Å². The molecule has 1 N–H and O–H groups in total. The molecule has 2 aromatic carbocycles. The molecule has 0 heterocycles. The van der Waals surface area contributed by atoms with E-state index in [9.17, 15) is 14.9 Å². The van der Waals surface area contributed by atoms with Gasteiger partial charge in [0.1, 0.15) is 0 Å². The summed E-state index contributed by atoms with van der Waals surface area (Å²) >= 11 is 0. The van der Waals surface area contributed by atoms with Crippen LogP contribution in [0, 0.1) is 10.1 Å². The number of anilines is 1. The Balaban J connectivity index is 2.33. The van der Waals surface area contributed by atoms with Gasteiger partial charge in [-0.25, -0.2) is 0 Å². The van der Waals surface area contributed by atoms with Gasteiger partial charge in [-0.1, -0.05) is 36.4 Å². The van der Waals surface area contributed by atoms with Gasteiger partial charge in [0, 0.05) is 18.7 Å². The molecule has 0 aliphatic heterocycles. The van der Waals surface area contributed by atoms with E-state index in [4.69, 9.17) is 0 Å². The van der Waals surface area contributed by atoms with Crippen molar-refractivity contribution in [1.82, 2.24) is 0 Å². The normalized spacial score (nSPS) is 10.5. The van der Waals surface area contributed by atoms with Crippen molar-refractivity contribution < 1.29 is 9.72 Å². The minimum atomic E-state index is -0.462. The molecule has 0 bridgehead atoms. The van der Waals surface area contributed by atoms with E-state index in [2.05, 4.69) is 5.32 Å². The Hall–Kier alpha value is -2.95. The molecule has 0 saturated heterocycles. The van der Waals surface area contributed by atoms with E-state index in [0.29, 0.717) is 11.3 Å². The first-order valence-electron chi connectivity index (χ1n) is 6.35. The van der Waals surface area contributed by atoms with Gasteiger partial charge in [-0.3, -0.25) is 14.9 Å². The Morgan fingerprint density at radius 1 is 1.14 bits per heavy atom. The number of carbonyl (C=O) groups is 1. The van der Waals surface area contributed by atoms with Gasteiger partial charge in [-0.15, -0.1) is 0 Å². The number of amides is 1. The molecule has 5 nitrogen and oxygen atoms in total. The summed E-state index contributed by atoms with van der Waals surface area (Å²) in [4.78, 5) is 21.7. The van der Waals surface area contributed by atoms with Crippen LogP contribution >= 0.6 is 0 Å². The van der Waals surface area contributed by atoms with Crippen LogP contribution in [0.4, 0.5) is 11.4 Å². The zero-order valence-electron chi connectivity index (χ0n) is 11.4. The molecule has 5 heteroatoms. The van der Waals surface area contributed by atoms with E-state index in [-0.39, 0.29) is 11.6 Å². The van der Waals surface area contributed by atoms with E-state index < -0.39 is 4.92 Å². The molecule has 0 spiro atoms. The van der Waals surface area contributed by atoms with Gasteiger partial charge in [0.25, 0.3) is 5.69 Å². The second kappa shape index (κ2) is 6.47. The van der Waals surface area contributed by atoms with Gasteiger partial charge in [0.15, 0.2) is 0 Å². The summed E-state index contributed by atoms with van der Waals surface area (Å²) in [6.07, 6.45) is 3.49. The van der Waals surface area contributed by atoms with E-state index in [1.54, 1.807) is 24.3 Å². The first-order chi connectivity index (χ1) is 10.1. The number of rotatable bonds is 4. The maximum atomic E-state index is 11.1. The molecule has 0 radical (unpaired) electrons. The van der Waals surface area contributed by atoms with Crippen LogP contribution in [-0.2, 0) is 4.79 Å². The van der Waals surface area contributed by atoms with Crippen LogP contribution in [0.2, 0.25) is 0 Å². The lowest BCUT2D eigenvalue weighted by Crippen LogP contribution is -2.06. The lowest BCUT2D eigenvalue weighted by molar-refractivity contribution is -0.385. The van der Waals surface area contributed by atoms with Crippen molar-refractivity contribution >= 4 is 29.4 Å². The van der Waals surface area contributed by atoms with E-state index in [0.717, 1.165) is 5.56 Å². The molecule has 0 fully saturated rings. The van der Waals surface area contributed by atoms with Gasteiger partial charge in [-0.2, -0.15) is 0 Å². The molecule has 106 valence electrons. The highest BCUT2D eigenvalue weighted by Crippen LogP contribution is 2.25. The molecule has 21 heavy (non-hydrogen) atoms. The Labute approximate surface area is 122 Å². The maximum Gasteiger partial charge on any atom is 0.278 e. The highest BCUT2D eigenvalue weighted by molar-refractivity contribution is 5.89. The lowest BCUT2D eigenvalue weighted by atomic mass is 10.1. The molecule has 2 aromatic rings. The average molecular weight is 282 g/mol. The van der Waals surface area contributed by atoms with E-state index in [1.807, 2.05) is 30.3 Å². The summed E-state index contributed by atoms with van der Waals surface area (Å²) in [6, 6.07) is 14.1. The number of hydrogen-bond donors (Lipinski definition) is 1. The van der Waals surface area contributed by atoms with Gasteiger partial charge < -0.3 is 5.32 Å². The number of nitro benzene ring substituents is 1. The lowest BCUT2D eigenvalue weighted by Gasteiger charge is -2.03. The Kier molecular flexibility index (Phi) is 4.46. The Bertz CT molecular complexity index is 694. The van der Waals surface area contributed by atoms with Crippen LogP contribution in [0.1, 0.15) is 18.1 Å². The molecular formula is C16H14N2O3. The molecule has 0 saturated carbocycles. The molecule has 0 aromatic heterocycles.